The topological polar surface area (TPSA) is 69.9 Å². The highest BCUT2D eigenvalue weighted by Gasteiger charge is 2.25. The minimum atomic E-state index is -0.863. The number of rotatable bonds is 7. The predicted octanol–water partition coefficient (Wildman–Crippen LogP) is 2.75. The van der Waals surface area contributed by atoms with Crippen molar-refractivity contribution in [2.24, 2.45) is 4.99 Å². The summed E-state index contributed by atoms with van der Waals surface area (Å²) in [6.45, 7) is 9.57. The Morgan fingerprint density at radius 2 is 2.04 bits per heavy atom. The van der Waals surface area contributed by atoms with Gasteiger partial charge in [-0.15, -0.1) is 24.0 Å². The van der Waals surface area contributed by atoms with Crippen molar-refractivity contribution < 1.29 is 8.63 Å². The zero-order chi connectivity index (χ0) is 18.3. The van der Waals surface area contributed by atoms with E-state index in [0.717, 1.165) is 31.4 Å². The Hall–Kier alpha value is -0.610. The van der Waals surface area contributed by atoms with Crippen LogP contribution in [0.2, 0.25) is 0 Å². The van der Waals surface area contributed by atoms with Gasteiger partial charge in [0.1, 0.15) is 5.76 Å². The fourth-order valence-electron chi connectivity index (χ4n) is 2.93. The van der Waals surface area contributed by atoms with Crippen LogP contribution in [0.4, 0.5) is 0 Å². The van der Waals surface area contributed by atoms with Gasteiger partial charge in [-0.1, -0.05) is 0 Å². The van der Waals surface area contributed by atoms with Crippen LogP contribution in [0, 0.1) is 0 Å². The van der Waals surface area contributed by atoms with Gasteiger partial charge in [-0.3, -0.25) is 14.1 Å². The highest BCUT2D eigenvalue weighted by molar-refractivity contribution is 14.0. The number of hydrogen-bond acceptors (Lipinski definition) is 4. The fraction of sp³-hybridized carbons (Fsp3) is 0.722. The minimum Gasteiger partial charge on any atom is -0.468 e. The number of guanidine groups is 1. The van der Waals surface area contributed by atoms with E-state index in [-0.39, 0.29) is 34.8 Å². The van der Waals surface area contributed by atoms with Gasteiger partial charge in [-0.05, 0) is 58.8 Å². The van der Waals surface area contributed by atoms with E-state index in [9.17, 15) is 4.21 Å². The van der Waals surface area contributed by atoms with Crippen molar-refractivity contribution in [2.45, 2.75) is 44.4 Å². The van der Waals surface area contributed by atoms with Crippen molar-refractivity contribution in [2.75, 3.05) is 39.0 Å². The van der Waals surface area contributed by atoms with Crippen molar-refractivity contribution >= 4 is 40.7 Å². The maximum Gasteiger partial charge on any atom is 0.191 e. The van der Waals surface area contributed by atoms with E-state index in [1.165, 1.54) is 12.8 Å². The van der Waals surface area contributed by atoms with E-state index in [1.54, 1.807) is 13.3 Å². The summed E-state index contributed by atoms with van der Waals surface area (Å²) >= 11 is 0. The number of likely N-dealkylation sites (tertiary alicyclic amines) is 1. The first-order chi connectivity index (χ1) is 11.9. The van der Waals surface area contributed by atoms with Crippen molar-refractivity contribution in [1.82, 2.24) is 15.5 Å². The summed E-state index contributed by atoms with van der Waals surface area (Å²) in [5.74, 6) is 2.33. The standard InChI is InChI=1S/C18H32N4O2S.HI/c1-18(2,3)25(23)13-9-20-17(19-4)21-14-15(16-8-7-12-24-16)22-10-5-6-11-22;/h7-8,12,15H,5-6,9-11,13-14H2,1-4H3,(H2,19,20,21);1H. The largest absolute Gasteiger partial charge is 0.468 e. The summed E-state index contributed by atoms with van der Waals surface area (Å²) in [7, 11) is 0.895. The van der Waals surface area contributed by atoms with Gasteiger partial charge in [0.2, 0.25) is 0 Å². The van der Waals surface area contributed by atoms with E-state index >= 15 is 0 Å². The first-order valence-corrected chi connectivity index (χ1v) is 10.3. The molecule has 0 amide bonds. The van der Waals surface area contributed by atoms with Gasteiger partial charge in [-0.25, -0.2) is 0 Å². The monoisotopic (exact) mass is 496 g/mol. The molecule has 0 radical (unpaired) electrons. The molecule has 0 bridgehead atoms. The number of furan rings is 1. The zero-order valence-electron chi connectivity index (χ0n) is 16.3. The molecule has 0 spiro atoms. The molecule has 2 atom stereocenters. The first-order valence-electron chi connectivity index (χ1n) is 9.02. The Morgan fingerprint density at radius 1 is 1.35 bits per heavy atom. The molecular formula is C18H33IN4O2S. The third-order valence-corrected chi connectivity index (χ3v) is 6.34. The molecule has 2 heterocycles. The lowest BCUT2D eigenvalue weighted by molar-refractivity contribution is 0.215. The number of aliphatic imine (C=N–C) groups is 1. The maximum atomic E-state index is 12.1. The summed E-state index contributed by atoms with van der Waals surface area (Å²) in [4.78, 5) is 6.73. The normalized spacial score (nSPS) is 18.2. The quantitative estimate of drug-likeness (QED) is 0.345. The number of nitrogens with one attached hydrogen (secondary N) is 2. The average molecular weight is 496 g/mol. The molecule has 1 fully saturated rings. The lowest BCUT2D eigenvalue weighted by atomic mass is 10.2. The Morgan fingerprint density at radius 3 is 2.58 bits per heavy atom. The van der Waals surface area contributed by atoms with E-state index < -0.39 is 10.8 Å². The van der Waals surface area contributed by atoms with Gasteiger partial charge in [0.25, 0.3) is 0 Å². The Labute approximate surface area is 177 Å². The molecule has 1 aromatic heterocycles. The van der Waals surface area contributed by atoms with Gasteiger partial charge in [0, 0.05) is 41.4 Å². The summed E-state index contributed by atoms with van der Waals surface area (Å²) in [6, 6.07) is 4.18. The highest BCUT2D eigenvalue weighted by atomic mass is 127. The van der Waals surface area contributed by atoms with Gasteiger partial charge < -0.3 is 15.1 Å². The molecule has 1 aromatic rings. The maximum absolute atomic E-state index is 12.1. The number of hydrogen-bond donors (Lipinski definition) is 2. The molecule has 2 unspecified atom stereocenters. The molecule has 0 aliphatic carbocycles. The molecule has 1 aliphatic heterocycles. The molecule has 6 nitrogen and oxygen atoms in total. The van der Waals surface area contributed by atoms with Crippen LogP contribution in [-0.4, -0.2) is 58.8 Å². The average Bonchev–Trinajstić information content (AvgIpc) is 3.26. The molecule has 1 saturated heterocycles. The predicted molar refractivity (Wildman–Crippen MR) is 120 cm³/mol. The highest BCUT2D eigenvalue weighted by Crippen LogP contribution is 2.24. The third kappa shape index (κ3) is 7.19. The molecule has 150 valence electrons. The van der Waals surface area contributed by atoms with Crippen LogP contribution in [0.15, 0.2) is 27.8 Å². The Kier molecular flexibility index (Phi) is 10.2. The lowest BCUT2D eigenvalue weighted by Gasteiger charge is -2.26. The summed E-state index contributed by atoms with van der Waals surface area (Å²) in [5.41, 5.74) is 0. The van der Waals surface area contributed by atoms with Crippen molar-refractivity contribution in [3.63, 3.8) is 0 Å². The van der Waals surface area contributed by atoms with E-state index in [4.69, 9.17) is 4.42 Å². The second-order valence-electron chi connectivity index (χ2n) is 7.32. The minimum absolute atomic E-state index is 0. The molecule has 0 saturated carbocycles. The third-order valence-electron chi connectivity index (χ3n) is 4.40. The van der Waals surface area contributed by atoms with Crippen LogP contribution in [0.25, 0.3) is 0 Å². The van der Waals surface area contributed by atoms with Crippen LogP contribution >= 0.6 is 24.0 Å². The van der Waals surface area contributed by atoms with E-state index in [0.29, 0.717) is 12.3 Å². The first kappa shape index (κ1) is 23.4. The number of nitrogens with zero attached hydrogens (tertiary/aromatic N) is 2. The summed E-state index contributed by atoms with van der Waals surface area (Å²) in [6.07, 6.45) is 4.21. The Balaban J connectivity index is 0.00000338. The second kappa shape index (κ2) is 11.3. The van der Waals surface area contributed by atoms with Gasteiger partial charge in [0.05, 0.1) is 12.3 Å². The molecule has 8 heteroatoms. The van der Waals surface area contributed by atoms with Crippen molar-refractivity contribution in [3.8, 4) is 0 Å². The van der Waals surface area contributed by atoms with Crippen LogP contribution in [-0.2, 0) is 10.8 Å². The molecule has 1 aliphatic rings. The molecule has 26 heavy (non-hydrogen) atoms. The lowest BCUT2D eigenvalue weighted by Crippen LogP contribution is -2.44. The fourth-order valence-corrected chi connectivity index (χ4v) is 3.83. The number of halogens is 1. The van der Waals surface area contributed by atoms with Gasteiger partial charge >= 0.3 is 0 Å². The van der Waals surface area contributed by atoms with Crippen LogP contribution in [0.5, 0.6) is 0 Å². The second-order valence-corrected chi connectivity index (χ2v) is 9.64. The van der Waals surface area contributed by atoms with Gasteiger partial charge in [0.15, 0.2) is 5.96 Å². The van der Waals surface area contributed by atoms with E-state index in [2.05, 4.69) is 20.5 Å². The van der Waals surface area contributed by atoms with Crippen LogP contribution in [0.3, 0.4) is 0 Å². The SMILES string of the molecule is CN=C(NCCS(=O)C(C)(C)C)NCC(c1ccco1)N1CCCC1.I. The van der Waals surface area contributed by atoms with Crippen molar-refractivity contribution in [1.29, 1.82) is 0 Å². The van der Waals surface area contributed by atoms with Crippen LogP contribution < -0.4 is 10.6 Å². The molecular weight excluding hydrogens is 463 g/mol. The molecule has 0 aromatic carbocycles. The molecule has 2 rings (SSSR count). The smallest absolute Gasteiger partial charge is 0.191 e. The van der Waals surface area contributed by atoms with Crippen LogP contribution in [0.1, 0.15) is 45.4 Å². The zero-order valence-corrected chi connectivity index (χ0v) is 19.4. The van der Waals surface area contributed by atoms with Gasteiger partial charge in [-0.2, -0.15) is 0 Å². The van der Waals surface area contributed by atoms with Crippen molar-refractivity contribution in [3.05, 3.63) is 24.2 Å². The van der Waals surface area contributed by atoms with E-state index in [1.807, 2.05) is 32.9 Å². The molecule has 2 N–H and O–H groups in total. The Bertz CT molecular complexity index is 566. The summed E-state index contributed by atoms with van der Waals surface area (Å²) < 4.78 is 17.6. The summed E-state index contributed by atoms with van der Waals surface area (Å²) in [5, 5.41) is 6.65.